The number of nitrogens with one attached hydrogen (secondary N) is 1. The maximum Gasteiger partial charge on any atom is 0.248 e. The van der Waals surface area contributed by atoms with Crippen LogP contribution in [0.25, 0.3) is 0 Å². The summed E-state index contributed by atoms with van der Waals surface area (Å²) in [6.07, 6.45) is 1.60. The zero-order chi connectivity index (χ0) is 13.8. The standard InChI is InChI=1S/C12H14FN5O/c1-18-7-16-11(17-18)6-15-5-9-3-2-8(12(14)19)4-10(9)13/h2-4,7,15H,5-6H2,1H3,(H2,14,19). The van der Waals surface area contributed by atoms with Crippen molar-refractivity contribution < 1.29 is 9.18 Å². The van der Waals surface area contributed by atoms with Crippen LogP contribution in [-0.2, 0) is 20.1 Å². The van der Waals surface area contributed by atoms with Crippen LogP contribution >= 0.6 is 0 Å². The van der Waals surface area contributed by atoms with Gasteiger partial charge in [0, 0.05) is 24.7 Å². The van der Waals surface area contributed by atoms with Gasteiger partial charge in [0.15, 0.2) is 5.82 Å². The number of primary amides is 1. The molecule has 0 saturated carbocycles. The summed E-state index contributed by atoms with van der Waals surface area (Å²) in [7, 11) is 1.78. The van der Waals surface area contributed by atoms with Crippen molar-refractivity contribution >= 4 is 5.91 Å². The lowest BCUT2D eigenvalue weighted by molar-refractivity contribution is 0.1000. The molecule has 3 N–H and O–H groups in total. The molecule has 0 bridgehead atoms. The Balaban J connectivity index is 1.94. The van der Waals surface area contributed by atoms with Crippen LogP contribution in [0.1, 0.15) is 21.7 Å². The summed E-state index contributed by atoms with van der Waals surface area (Å²) < 4.78 is 15.3. The molecular formula is C12H14FN5O. The summed E-state index contributed by atoms with van der Waals surface area (Å²) in [4.78, 5) is 14.9. The van der Waals surface area contributed by atoms with E-state index in [9.17, 15) is 9.18 Å². The smallest absolute Gasteiger partial charge is 0.248 e. The van der Waals surface area contributed by atoms with Crippen molar-refractivity contribution in [2.75, 3.05) is 0 Å². The number of hydrogen-bond acceptors (Lipinski definition) is 4. The number of carbonyl (C=O) groups excluding carboxylic acids is 1. The summed E-state index contributed by atoms with van der Waals surface area (Å²) in [6.45, 7) is 0.765. The van der Waals surface area contributed by atoms with Crippen LogP contribution in [0.3, 0.4) is 0 Å². The molecule has 0 spiro atoms. The van der Waals surface area contributed by atoms with Crippen LogP contribution in [-0.4, -0.2) is 20.7 Å². The fourth-order valence-electron chi connectivity index (χ4n) is 1.62. The van der Waals surface area contributed by atoms with Gasteiger partial charge < -0.3 is 11.1 Å². The molecule has 0 aliphatic heterocycles. The van der Waals surface area contributed by atoms with Crippen molar-refractivity contribution in [3.05, 3.63) is 47.3 Å². The quantitative estimate of drug-likeness (QED) is 0.814. The molecule has 7 heteroatoms. The van der Waals surface area contributed by atoms with Gasteiger partial charge in [-0.2, -0.15) is 5.10 Å². The van der Waals surface area contributed by atoms with Crippen LogP contribution in [0, 0.1) is 5.82 Å². The maximum atomic E-state index is 13.7. The lowest BCUT2D eigenvalue weighted by Gasteiger charge is -2.05. The summed E-state index contributed by atoms with van der Waals surface area (Å²) in [6, 6.07) is 4.17. The average Bonchev–Trinajstić information content (AvgIpc) is 2.77. The second-order valence-electron chi connectivity index (χ2n) is 4.11. The minimum atomic E-state index is -0.643. The number of aromatic nitrogens is 3. The van der Waals surface area contributed by atoms with E-state index in [4.69, 9.17) is 5.73 Å². The molecule has 0 fully saturated rings. The number of rotatable bonds is 5. The summed E-state index contributed by atoms with van der Waals surface area (Å²) in [5.74, 6) is -0.467. The highest BCUT2D eigenvalue weighted by molar-refractivity contribution is 5.92. The molecule has 2 rings (SSSR count). The van der Waals surface area contributed by atoms with E-state index in [0.29, 0.717) is 24.5 Å². The Bertz CT molecular complexity index is 596. The van der Waals surface area contributed by atoms with Gasteiger partial charge >= 0.3 is 0 Å². The fraction of sp³-hybridized carbons (Fsp3) is 0.250. The van der Waals surface area contributed by atoms with Gasteiger partial charge in [0.05, 0.1) is 6.54 Å². The predicted octanol–water partition coefficient (Wildman–Crippen LogP) is 0.343. The van der Waals surface area contributed by atoms with Gasteiger partial charge in [-0.3, -0.25) is 9.48 Å². The van der Waals surface area contributed by atoms with Crippen LogP contribution in [0.4, 0.5) is 4.39 Å². The molecule has 1 aromatic carbocycles. The van der Waals surface area contributed by atoms with Crippen LogP contribution < -0.4 is 11.1 Å². The first-order valence-corrected chi connectivity index (χ1v) is 5.69. The number of nitrogens with zero attached hydrogens (tertiary/aromatic N) is 3. The predicted molar refractivity (Wildman–Crippen MR) is 66.5 cm³/mol. The van der Waals surface area contributed by atoms with E-state index >= 15 is 0 Å². The third-order valence-electron chi connectivity index (χ3n) is 2.58. The molecule has 1 heterocycles. The lowest BCUT2D eigenvalue weighted by atomic mass is 10.1. The zero-order valence-corrected chi connectivity index (χ0v) is 10.4. The van der Waals surface area contributed by atoms with Crippen molar-refractivity contribution in [3.8, 4) is 0 Å². The SMILES string of the molecule is Cn1cnc(CNCc2ccc(C(N)=O)cc2F)n1. The fourth-order valence-corrected chi connectivity index (χ4v) is 1.62. The number of carbonyl (C=O) groups is 1. The largest absolute Gasteiger partial charge is 0.366 e. The number of halogens is 1. The number of benzene rings is 1. The minimum absolute atomic E-state index is 0.160. The van der Waals surface area contributed by atoms with Gasteiger partial charge in [0.25, 0.3) is 0 Å². The minimum Gasteiger partial charge on any atom is -0.366 e. The van der Waals surface area contributed by atoms with Crippen molar-refractivity contribution in [3.63, 3.8) is 0 Å². The normalized spacial score (nSPS) is 10.6. The summed E-state index contributed by atoms with van der Waals surface area (Å²) in [5.41, 5.74) is 5.69. The number of amides is 1. The van der Waals surface area contributed by atoms with E-state index in [2.05, 4.69) is 15.4 Å². The average molecular weight is 263 g/mol. The molecule has 0 atom stereocenters. The Morgan fingerprint density at radius 3 is 2.84 bits per heavy atom. The van der Waals surface area contributed by atoms with Gasteiger partial charge in [0.1, 0.15) is 12.1 Å². The molecule has 0 radical (unpaired) electrons. The summed E-state index contributed by atoms with van der Waals surface area (Å²) in [5, 5.41) is 7.12. The topological polar surface area (TPSA) is 85.8 Å². The van der Waals surface area contributed by atoms with Gasteiger partial charge in [0.2, 0.25) is 5.91 Å². The molecule has 0 aliphatic rings. The number of nitrogens with two attached hydrogens (primary N) is 1. The van der Waals surface area contributed by atoms with E-state index in [1.807, 2.05) is 0 Å². The number of hydrogen-bond donors (Lipinski definition) is 2. The first-order valence-electron chi connectivity index (χ1n) is 5.69. The van der Waals surface area contributed by atoms with Crippen molar-refractivity contribution in [1.29, 1.82) is 0 Å². The van der Waals surface area contributed by atoms with Crippen molar-refractivity contribution in [2.24, 2.45) is 12.8 Å². The van der Waals surface area contributed by atoms with E-state index in [1.165, 1.54) is 12.1 Å². The Labute approximate surface area is 109 Å². The second-order valence-corrected chi connectivity index (χ2v) is 4.11. The Kier molecular flexibility index (Phi) is 3.86. The highest BCUT2D eigenvalue weighted by atomic mass is 19.1. The third-order valence-corrected chi connectivity index (χ3v) is 2.58. The molecule has 100 valence electrons. The molecule has 2 aromatic rings. The van der Waals surface area contributed by atoms with Gasteiger partial charge in [-0.25, -0.2) is 9.37 Å². The lowest BCUT2D eigenvalue weighted by Crippen LogP contribution is -2.16. The molecule has 0 saturated heterocycles. The van der Waals surface area contributed by atoms with Gasteiger partial charge in [-0.1, -0.05) is 6.07 Å². The van der Waals surface area contributed by atoms with Crippen LogP contribution in [0.2, 0.25) is 0 Å². The van der Waals surface area contributed by atoms with Gasteiger partial charge in [-0.05, 0) is 12.1 Å². The Hall–Kier alpha value is -2.28. The van der Waals surface area contributed by atoms with Crippen LogP contribution in [0.15, 0.2) is 24.5 Å². The highest BCUT2D eigenvalue weighted by Crippen LogP contribution is 2.10. The monoisotopic (exact) mass is 263 g/mol. The molecule has 19 heavy (non-hydrogen) atoms. The third kappa shape index (κ3) is 3.35. The molecular weight excluding hydrogens is 249 g/mol. The van der Waals surface area contributed by atoms with E-state index in [-0.39, 0.29) is 5.56 Å². The Morgan fingerprint density at radius 2 is 2.26 bits per heavy atom. The first-order chi connectivity index (χ1) is 9.06. The van der Waals surface area contributed by atoms with Gasteiger partial charge in [-0.15, -0.1) is 0 Å². The van der Waals surface area contributed by atoms with Crippen LogP contribution in [0.5, 0.6) is 0 Å². The Morgan fingerprint density at radius 1 is 1.47 bits per heavy atom. The molecule has 1 aromatic heterocycles. The first kappa shape index (κ1) is 13.2. The number of aryl methyl sites for hydroxylation is 1. The highest BCUT2D eigenvalue weighted by Gasteiger charge is 2.07. The van der Waals surface area contributed by atoms with Crippen molar-refractivity contribution in [2.45, 2.75) is 13.1 Å². The second kappa shape index (κ2) is 5.57. The molecule has 6 nitrogen and oxygen atoms in total. The molecule has 0 unspecified atom stereocenters. The van der Waals surface area contributed by atoms with E-state index in [1.54, 1.807) is 18.1 Å². The summed E-state index contributed by atoms with van der Waals surface area (Å²) >= 11 is 0. The molecule has 0 aliphatic carbocycles. The van der Waals surface area contributed by atoms with E-state index in [0.717, 1.165) is 6.07 Å². The zero-order valence-electron chi connectivity index (χ0n) is 10.4. The molecule has 1 amide bonds. The van der Waals surface area contributed by atoms with E-state index < -0.39 is 11.7 Å². The van der Waals surface area contributed by atoms with Crippen molar-refractivity contribution in [1.82, 2.24) is 20.1 Å². The maximum absolute atomic E-state index is 13.7.